The highest BCUT2D eigenvalue weighted by Crippen LogP contribution is 2.25. The number of aromatic amines is 1. The predicted molar refractivity (Wildman–Crippen MR) is 66.9 cm³/mol. The second kappa shape index (κ2) is 3.85. The number of nitrogens with one attached hydrogen (secondary N) is 1. The summed E-state index contributed by atoms with van der Waals surface area (Å²) in [6.07, 6.45) is 1.71. The van der Waals surface area contributed by atoms with Gasteiger partial charge in [-0.05, 0) is 17.7 Å². The van der Waals surface area contributed by atoms with E-state index in [2.05, 4.69) is 10.2 Å². The Bertz CT molecular complexity index is 766. The van der Waals surface area contributed by atoms with Gasteiger partial charge in [0, 0.05) is 19.2 Å². The standard InChI is InChI=1S/C12H12N4O2/c1-16-10-3-2-7(4-11(10)18-12(16)17)8-6-14-15-9(8)5-13/h2-4,6H,5,13H2,1H3,(H,14,15). The van der Waals surface area contributed by atoms with E-state index in [1.807, 2.05) is 18.2 Å². The molecule has 0 aliphatic carbocycles. The highest BCUT2D eigenvalue weighted by Gasteiger charge is 2.10. The van der Waals surface area contributed by atoms with E-state index in [1.54, 1.807) is 13.2 Å². The van der Waals surface area contributed by atoms with Gasteiger partial charge in [-0.2, -0.15) is 5.10 Å². The number of nitrogens with two attached hydrogens (primary N) is 1. The molecule has 3 N–H and O–H groups in total. The van der Waals surface area contributed by atoms with Gasteiger partial charge < -0.3 is 10.2 Å². The molecule has 0 radical (unpaired) electrons. The van der Waals surface area contributed by atoms with Crippen molar-refractivity contribution >= 4 is 11.1 Å². The van der Waals surface area contributed by atoms with E-state index in [0.29, 0.717) is 12.1 Å². The lowest BCUT2D eigenvalue weighted by atomic mass is 10.1. The quantitative estimate of drug-likeness (QED) is 0.703. The Morgan fingerprint density at radius 2 is 2.33 bits per heavy atom. The molecule has 0 bridgehead atoms. The van der Waals surface area contributed by atoms with Gasteiger partial charge in [0.1, 0.15) is 0 Å². The van der Waals surface area contributed by atoms with Crippen LogP contribution < -0.4 is 11.5 Å². The SMILES string of the molecule is Cn1c(=O)oc2cc(-c3cn[nH]c3CN)ccc21. The number of benzene rings is 1. The molecule has 3 aromatic rings. The smallest absolute Gasteiger partial charge is 0.408 e. The lowest BCUT2D eigenvalue weighted by Gasteiger charge is -2.00. The van der Waals surface area contributed by atoms with Crippen LogP contribution in [0.2, 0.25) is 0 Å². The van der Waals surface area contributed by atoms with E-state index >= 15 is 0 Å². The minimum atomic E-state index is -0.367. The fraction of sp³-hybridized carbons (Fsp3) is 0.167. The molecule has 0 spiro atoms. The predicted octanol–water partition coefficient (Wildman–Crippen LogP) is 0.980. The molecular formula is C12H12N4O2. The highest BCUT2D eigenvalue weighted by atomic mass is 16.4. The lowest BCUT2D eigenvalue weighted by molar-refractivity contribution is 0.528. The molecule has 0 aliphatic heterocycles. The first-order chi connectivity index (χ1) is 8.70. The molecule has 18 heavy (non-hydrogen) atoms. The molecule has 0 saturated heterocycles. The molecule has 0 fully saturated rings. The summed E-state index contributed by atoms with van der Waals surface area (Å²) in [7, 11) is 1.68. The highest BCUT2D eigenvalue weighted by molar-refractivity contribution is 5.80. The number of rotatable bonds is 2. The maximum atomic E-state index is 11.4. The summed E-state index contributed by atoms with van der Waals surface area (Å²) in [6, 6.07) is 5.59. The van der Waals surface area contributed by atoms with Gasteiger partial charge in [0.15, 0.2) is 5.58 Å². The van der Waals surface area contributed by atoms with Gasteiger partial charge >= 0.3 is 5.76 Å². The van der Waals surface area contributed by atoms with Crippen molar-refractivity contribution in [1.82, 2.24) is 14.8 Å². The number of H-pyrrole nitrogens is 1. The van der Waals surface area contributed by atoms with Crippen LogP contribution in [0.4, 0.5) is 0 Å². The van der Waals surface area contributed by atoms with Crippen molar-refractivity contribution < 1.29 is 4.42 Å². The third-order valence-corrected chi connectivity index (χ3v) is 3.03. The molecule has 2 heterocycles. The van der Waals surface area contributed by atoms with Crippen LogP contribution in [0.15, 0.2) is 33.6 Å². The van der Waals surface area contributed by atoms with E-state index < -0.39 is 0 Å². The first-order valence-electron chi connectivity index (χ1n) is 5.53. The number of hydrogen-bond donors (Lipinski definition) is 2. The monoisotopic (exact) mass is 244 g/mol. The first-order valence-corrected chi connectivity index (χ1v) is 5.53. The van der Waals surface area contributed by atoms with Crippen molar-refractivity contribution in [2.24, 2.45) is 12.8 Å². The van der Waals surface area contributed by atoms with Crippen LogP contribution in [0.25, 0.3) is 22.2 Å². The number of nitrogens with zero attached hydrogens (tertiary/aromatic N) is 2. The van der Waals surface area contributed by atoms with Gasteiger partial charge in [-0.1, -0.05) is 6.07 Å². The summed E-state index contributed by atoms with van der Waals surface area (Å²) in [5.74, 6) is -0.367. The molecule has 1 aromatic carbocycles. The normalized spacial score (nSPS) is 11.2. The molecule has 0 amide bonds. The summed E-state index contributed by atoms with van der Waals surface area (Å²) < 4.78 is 6.63. The summed E-state index contributed by atoms with van der Waals surface area (Å²) >= 11 is 0. The van der Waals surface area contributed by atoms with Gasteiger partial charge in [0.2, 0.25) is 0 Å². The third-order valence-electron chi connectivity index (χ3n) is 3.03. The third kappa shape index (κ3) is 1.46. The second-order valence-corrected chi connectivity index (χ2v) is 4.08. The summed E-state index contributed by atoms with van der Waals surface area (Å²) in [4.78, 5) is 11.4. The number of aromatic nitrogens is 3. The number of fused-ring (bicyclic) bond motifs is 1. The summed E-state index contributed by atoms with van der Waals surface area (Å²) in [6.45, 7) is 0.381. The van der Waals surface area contributed by atoms with E-state index in [1.165, 1.54) is 4.57 Å². The largest absolute Gasteiger partial charge is 0.419 e. The molecule has 2 aromatic heterocycles. The van der Waals surface area contributed by atoms with Crippen LogP contribution in [-0.4, -0.2) is 14.8 Å². The second-order valence-electron chi connectivity index (χ2n) is 4.08. The Kier molecular flexibility index (Phi) is 2.31. The van der Waals surface area contributed by atoms with Gasteiger partial charge in [0.25, 0.3) is 0 Å². The molecule has 0 unspecified atom stereocenters. The molecule has 0 atom stereocenters. The van der Waals surface area contributed by atoms with Crippen LogP contribution in [0.5, 0.6) is 0 Å². The van der Waals surface area contributed by atoms with Crippen molar-refractivity contribution in [3.63, 3.8) is 0 Å². The minimum Gasteiger partial charge on any atom is -0.408 e. The van der Waals surface area contributed by atoms with E-state index in [9.17, 15) is 4.79 Å². The van der Waals surface area contributed by atoms with E-state index in [0.717, 1.165) is 22.3 Å². The Morgan fingerprint density at radius 3 is 3.11 bits per heavy atom. The topological polar surface area (TPSA) is 89.8 Å². The number of oxazole rings is 1. The molecule has 3 rings (SSSR count). The van der Waals surface area contributed by atoms with Crippen molar-refractivity contribution in [3.8, 4) is 11.1 Å². The molecule has 6 heteroatoms. The Hall–Kier alpha value is -2.34. The average Bonchev–Trinajstić information content (AvgIpc) is 2.95. The van der Waals surface area contributed by atoms with Crippen LogP contribution in [0.1, 0.15) is 5.69 Å². The van der Waals surface area contributed by atoms with Crippen molar-refractivity contribution in [2.75, 3.05) is 0 Å². The fourth-order valence-corrected chi connectivity index (χ4v) is 2.02. The minimum absolute atomic E-state index is 0.367. The fourth-order valence-electron chi connectivity index (χ4n) is 2.02. The van der Waals surface area contributed by atoms with Gasteiger partial charge in [-0.25, -0.2) is 4.79 Å². The number of hydrogen-bond acceptors (Lipinski definition) is 4. The van der Waals surface area contributed by atoms with Gasteiger partial charge in [-0.15, -0.1) is 0 Å². The molecule has 92 valence electrons. The zero-order chi connectivity index (χ0) is 12.7. The number of aryl methyl sites for hydroxylation is 1. The van der Waals surface area contributed by atoms with Crippen LogP contribution in [0, 0.1) is 0 Å². The summed E-state index contributed by atoms with van der Waals surface area (Å²) in [5.41, 5.74) is 9.65. The van der Waals surface area contributed by atoms with Crippen LogP contribution in [0.3, 0.4) is 0 Å². The molecular weight excluding hydrogens is 232 g/mol. The Morgan fingerprint density at radius 1 is 1.50 bits per heavy atom. The van der Waals surface area contributed by atoms with Crippen molar-refractivity contribution in [1.29, 1.82) is 0 Å². The Balaban J connectivity index is 2.22. The maximum absolute atomic E-state index is 11.4. The molecule has 6 nitrogen and oxygen atoms in total. The lowest BCUT2D eigenvalue weighted by Crippen LogP contribution is -2.08. The molecule has 0 saturated carbocycles. The maximum Gasteiger partial charge on any atom is 0.419 e. The van der Waals surface area contributed by atoms with E-state index in [-0.39, 0.29) is 5.76 Å². The van der Waals surface area contributed by atoms with E-state index in [4.69, 9.17) is 10.2 Å². The van der Waals surface area contributed by atoms with Crippen molar-refractivity contribution in [2.45, 2.75) is 6.54 Å². The zero-order valence-corrected chi connectivity index (χ0v) is 9.80. The first kappa shape index (κ1) is 10.8. The average molecular weight is 244 g/mol. The Labute approximate surface area is 102 Å². The van der Waals surface area contributed by atoms with Crippen LogP contribution in [-0.2, 0) is 13.6 Å². The van der Waals surface area contributed by atoms with Crippen LogP contribution >= 0.6 is 0 Å². The zero-order valence-electron chi connectivity index (χ0n) is 9.80. The van der Waals surface area contributed by atoms with Gasteiger partial charge in [-0.3, -0.25) is 9.67 Å². The summed E-state index contributed by atoms with van der Waals surface area (Å²) in [5, 5.41) is 6.82. The van der Waals surface area contributed by atoms with Gasteiger partial charge in [0.05, 0.1) is 17.4 Å². The van der Waals surface area contributed by atoms with Crippen molar-refractivity contribution in [3.05, 3.63) is 40.6 Å². The molecule has 0 aliphatic rings.